The van der Waals surface area contributed by atoms with E-state index in [0.717, 1.165) is 0 Å². The number of carbonyl (C=O) groups excluding carboxylic acids is 8. The molecule has 240 valence electrons. The number of nitrogens with two attached hydrogens (primary N) is 1. The Morgan fingerprint density at radius 3 is 1.51 bits per heavy atom. The number of primary amides is 1. The molecule has 0 fully saturated rings. The van der Waals surface area contributed by atoms with Crippen molar-refractivity contribution in [2.24, 2.45) is 5.73 Å². The van der Waals surface area contributed by atoms with Crippen LogP contribution in [0.1, 0.15) is 46.0 Å². The first-order valence-corrected chi connectivity index (χ1v) is 14.2. The Hall–Kier alpha value is -4.18. The Bertz CT molecular complexity index is 981. The molecule has 0 atom stereocenters. The van der Waals surface area contributed by atoms with E-state index < -0.39 is 29.5 Å². The second-order valence-electron chi connectivity index (χ2n) is 9.55. The number of likely N-dealkylation sites (N-methyl/N-ethyl adjacent to an activating group) is 1. The van der Waals surface area contributed by atoms with Gasteiger partial charge in [-0.25, -0.2) is 0 Å². The fraction of sp³-hybridized carbons (Fsp3) is 0.692. The van der Waals surface area contributed by atoms with E-state index in [2.05, 4.69) is 21.3 Å². The fourth-order valence-corrected chi connectivity index (χ4v) is 3.60. The molecule has 0 aromatic rings. The van der Waals surface area contributed by atoms with E-state index in [1.54, 1.807) is 6.92 Å². The topological polar surface area (TPSA) is 220 Å². The minimum absolute atomic E-state index is 0.00448. The molecule has 0 rings (SSSR count). The molecule has 0 bridgehead atoms. The number of hydrogen-bond donors (Lipinski definition) is 5. The van der Waals surface area contributed by atoms with Gasteiger partial charge in [-0.1, -0.05) is 13.8 Å². The average Bonchev–Trinajstić information content (AvgIpc) is 2.94. The molecular weight excluding hydrogens is 563 g/mol. The lowest BCUT2D eigenvalue weighted by molar-refractivity contribution is -0.135. The number of hydrogen-bond acceptors (Lipinski definition) is 8. The Morgan fingerprint density at radius 2 is 1.07 bits per heavy atom. The van der Waals surface area contributed by atoms with Gasteiger partial charge in [0.1, 0.15) is 0 Å². The Labute approximate surface area is 253 Å². The quantitative estimate of drug-likeness (QED) is 0.0779. The first-order valence-electron chi connectivity index (χ1n) is 14.2. The Kier molecular flexibility index (Phi) is 20.2. The zero-order valence-corrected chi connectivity index (χ0v) is 25.4. The minimum atomic E-state index is -0.657. The van der Waals surface area contributed by atoms with Crippen LogP contribution >= 0.6 is 0 Å². The maximum absolute atomic E-state index is 12.3. The van der Waals surface area contributed by atoms with Gasteiger partial charge in [0.25, 0.3) is 0 Å². The van der Waals surface area contributed by atoms with E-state index in [4.69, 9.17) is 13.6 Å². The number of nitrogens with zero attached hydrogens (tertiary/aromatic N) is 3. The molecule has 43 heavy (non-hydrogen) atoms. The number of amides is 8. The van der Waals surface area contributed by atoms with Crippen LogP contribution < -0.4 is 27.0 Å². The van der Waals surface area contributed by atoms with Crippen molar-refractivity contribution >= 4 is 55.1 Å². The monoisotopic (exact) mass is 608 g/mol. The zero-order chi connectivity index (χ0) is 32.8. The van der Waals surface area contributed by atoms with Crippen LogP contribution in [0.3, 0.4) is 0 Å². The first kappa shape index (κ1) is 38.8. The van der Waals surface area contributed by atoms with Gasteiger partial charge in [0.15, 0.2) is 0 Å². The van der Waals surface area contributed by atoms with Gasteiger partial charge in [0.2, 0.25) is 47.3 Å². The fourth-order valence-electron chi connectivity index (χ4n) is 3.60. The average molecular weight is 609 g/mol. The molecule has 17 heteroatoms. The molecule has 0 aliphatic rings. The van der Waals surface area contributed by atoms with Crippen molar-refractivity contribution in [2.75, 3.05) is 66.0 Å². The predicted octanol–water partition coefficient (Wildman–Crippen LogP) is -3.37. The highest BCUT2D eigenvalue weighted by atomic mass is 16.2. The summed E-state index contributed by atoms with van der Waals surface area (Å²) < 4.78 is 0. The van der Waals surface area contributed by atoms with Crippen molar-refractivity contribution in [2.45, 2.75) is 52.3 Å². The van der Waals surface area contributed by atoms with E-state index in [1.807, 2.05) is 6.92 Å². The lowest BCUT2D eigenvalue weighted by Crippen LogP contribution is -2.45. The molecule has 0 aliphatic heterocycles. The predicted molar refractivity (Wildman–Crippen MR) is 157 cm³/mol. The van der Waals surface area contributed by atoms with Crippen molar-refractivity contribution in [1.29, 1.82) is 0 Å². The van der Waals surface area contributed by atoms with Crippen molar-refractivity contribution in [3.05, 3.63) is 0 Å². The SMILES string of the molecule is [B]CC(=O)N(CCNC(=O)CCNC(=O)CN(C)C(=O)CC)CC(=O)NCCC(=O)NCCN(CC(N)=O)C(=O)CCC. The number of nitrogens with one attached hydrogen (secondary N) is 4. The van der Waals surface area contributed by atoms with Gasteiger partial charge in [0, 0.05) is 72.0 Å². The van der Waals surface area contributed by atoms with Gasteiger partial charge in [-0.3, -0.25) is 38.4 Å². The molecule has 0 aromatic heterocycles. The van der Waals surface area contributed by atoms with Crippen LogP contribution in [0.2, 0.25) is 6.32 Å². The van der Waals surface area contributed by atoms with Crippen LogP contribution in [-0.2, 0) is 38.4 Å². The molecule has 0 saturated heterocycles. The van der Waals surface area contributed by atoms with Crippen molar-refractivity contribution < 1.29 is 38.4 Å². The summed E-state index contributed by atoms with van der Waals surface area (Å²) in [6.45, 7) is 3.11. The molecule has 0 saturated carbocycles. The highest BCUT2D eigenvalue weighted by Crippen LogP contribution is 1.97. The molecule has 0 aliphatic carbocycles. The maximum atomic E-state index is 12.3. The summed E-state index contributed by atoms with van der Waals surface area (Å²) in [5.41, 5.74) is 5.17. The van der Waals surface area contributed by atoms with Crippen LogP contribution in [0, 0.1) is 0 Å². The van der Waals surface area contributed by atoms with E-state index in [9.17, 15) is 38.4 Å². The minimum Gasteiger partial charge on any atom is -0.368 e. The third-order valence-electron chi connectivity index (χ3n) is 5.89. The molecule has 16 nitrogen and oxygen atoms in total. The van der Waals surface area contributed by atoms with Crippen LogP contribution in [0.15, 0.2) is 0 Å². The van der Waals surface area contributed by atoms with Gasteiger partial charge in [-0.15, -0.1) is 0 Å². The molecule has 0 unspecified atom stereocenters. The summed E-state index contributed by atoms with van der Waals surface area (Å²) in [6.07, 6.45) is 0.700. The molecule has 0 heterocycles. The van der Waals surface area contributed by atoms with Crippen molar-refractivity contribution in [3.63, 3.8) is 0 Å². The Morgan fingerprint density at radius 1 is 0.605 bits per heavy atom. The largest absolute Gasteiger partial charge is 0.368 e. The van der Waals surface area contributed by atoms with Crippen LogP contribution in [0.4, 0.5) is 0 Å². The zero-order valence-electron chi connectivity index (χ0n) is 25.4. The standard InChI is InChI=1S/C26H45BN8O8/c1-4-6-25(42)34(16-19(28)36)13-11-31-21(38)8-10-30-23(40)18-35(26(43)15-27)14-12-32-20(37)7-9-29-22(39)17-33(3)24(41)5-2/h4-18H2,1-3H3,(H2,28,36)(H,29,39)(H,30,40)(H,31,38)(H,32,37). The van der Waals surface area contributed by atoms with Crippen molar-refractivity contribution in [3.8, 4) is 0 Å². The van der Waals surface area contributed by atoms with Crippen molar-refractivity contribution in [1.82, 2.24) is 36.0 Å². The summed E-state index contributed by atoms with van der Waals surface area (Å²) in [6, 6.07) is 0. The van der Waals surface area contributed by atoms with Gasteiger partial charge < -0.3 is 41.7 Å². The van der Waals surface area contributed by atoms with Crippen LogP contribution in [0.5, 0.6) is 0 Å². The second-order valence-corrected chi connectivity index (χ2v) is 9.55. The van der Waals surface area contributed by atoms with E-state index in [0.29, 0.717) is 6.42 Å². The summed E-state index contributed by atoms with van der Waals surface area (Å²) >= 11 is 0. The molecule has 6 N–H and O–H groups in total. The summed E-state index contributed by atoms with van der Waals surface area (Å²) in [5, 5.41) is 10.3. The lowest BCUT2D eigenvalue weighted by atomic mass is 10.0. The Balaban J connectivity index is 4.40. The number of carbonyl (C=O) groups is 8. The van der Waals surface area contributed by atoms with Gasteiger partial charge in [-0.05, 0) is 12.7 Å². The molecule has 8 amide bonds. The summed E-state index contributed by atoms with van der Waals surface area (Å²) in [4.78, 5) is 98.9. The van der Waals surface area contributed by atoms with E-state index in [-0.39, 0.29) is 109 Å². The van der Waals surface area contributed by atoms with Gasteiger partial charge >= 0.3 is 0 Å². The second kappa shape index (κ2) is 22.4. The molecule has 0 aromatic carbocycles. The smallest absolute Gasteiger partial charge is 0.239 e. The van der Waals surface area contributed by atoms with Crippen LogP contribution in [0.25, 0.3) is 0 Å². The summed E-state index contributed by atoms with van der Waals surface area (Å²) in [7, 11) is 6.94. The van der Waals surface area contributed by atoms with Gasteiger partial charge in [0.05, 0.1) is 27.5 Å². The van der Waals surface area contributed by atoms with E-state index >= 15 is 0 Å². The third-order valence-corrected chi connectivity index (χ3v) is 5.89. The molecule has 2 radical (unpaired) electrons. The summed E-state index contributed by atoms with van der Waals surface area (Å²) in [5.74, 6) is -3.30. The maximum Gasteiger partial charge on any atom is 0.239 e. The molecular formula is C26H45BN8O8. The molecule has 0 spiro atoms. The van der Waals surface area contributed by atoms with Gasteiger partial charge in [-0.2, -0.15) is 0 Å². The highest BCUT2D eigenvalue weighted by molar-refractivity contribution is 6.19. The highest BCUT2D eigenvalue weighted by Gasteiger charge is 2.17. The lowest BCUT2D eigenvalue weighted by Gasteiger charge is -2.22. The number of rotatable bonds is 22. The normalized spacial score (nSPS) is 10.2. The van der Waals surface area contributed by atoms with Crippen LogP contribution in [-0.4, -0.2) is 136 Å². The third kappa shape index (κ3) is 18.8. The van der Waals surface area contributed by atoms with E-state index in [1.165, 1.54) is 21.7 Å². The first-order chi connectivity index (χ1) is 20.3.